The second-order valence-electron chi connectivity index (χ2n) is 6.07. The van der Waals surface area contributed by atoms with Crippen molar-refractivity contribution in [1.82, 2.24) is 25.2 Å². The molecule has 0 aliphatic carbocycles. The van der Waals surface area contributed by atoms with Crippen molar-refractivity contribution in [2.24, 2.45) is 0 Å². The number of nitrogens with one attached hydrogen (secondary N) is 1. The number of amides is 1. The largest absolute Gasteiger partial charge is 0.347 e. The van der Waals surface area contributed by atoms with Crippen molar-refractivity contribution in [2.75, 3.05) is 14.1 Å². The van der Waals surface area contributed by atoms with Crippen LogP contribution in [0.4, 0.5) is 0 Å². The summed E-state index contributed by atoms with van der Waals surface area (Å²) < 4.78 is 1.59. The van der Waals surface area contributed by atoms with Crippen LogP contribution in [-0.4, -0.2) is 39.9 Å². The Kier molecular flexibility index (Phi) is 5.20. The van der Waals surface area contributed by atoms with Crippen LogP contribution >= 0.6 is 0 Å². The number of para-hydroxylation sites is 1. The minimum atomic E-state index is -0.234. The molecule has 0 atom stereocenters. The zero-order valence-electron chi connectivity index (χ0n) is 14.4. The van der Waals surface area contributed by atoms with Gasteiger partial charge in [0.2, 0.25) is 0 Å². The zero-order valence-corrected chi connectivity index (χ0v) is 14.4. The smallest absolute Gasteiger partial charge is 0.273 e. The summed E-state index contributed by atoms with van der Waals surface area (Å²) in [4.78, 5) is 14.5. The third-order valence-electron chi connectivity index (χ3n) is 3.79. The van der Waals surface area contributed by atoms with Crippen LogP contribution in [0.2, 0.25) is 0 Å². The minimum absolute atomic E-state index is 0.234. The molecule has 3 rings (SSSR count). The highest BCUT2D eigenvalue weighted by atomic mass is 16.2. The molecule has 0 spiro atoms. The summed E-state index contributed by atoms with van der Waals surface area (Å²) in [5, 5.41) is 10.9. The van der Waals surface area contributed by atoms with Crippen molar-refractivity contribution in [3.63, 3.8) is 0 Å². The first kappa shape index (κ1) is 16.9. The van der Waals surface area contributed by atoms with Gasteiger partial charge in [0.25, 0.3) is 5.91 Å². The fraction of sp³-hybridized carbons (Fsp3) is 0.211. The van der Waals surface area contributed by atoms with E-state index in [2.05, 4.69) is 26.6 Å². The molecule has 6 heteroatoms. The predicted molar refractivity (Wildman–Crippen MR) is 96.4 cm³/mol. The summed E-state index contributed by atoms with van der Waals surface area (Å²) in [5.74, 6) is -0.234. The molecule has 0 saturated carbocycles. The lowest BCUT2D eigenvalue weighted by Crippen LogP contribution is -2.24. The molecule has 0 unspecified atom stereocenters. The monoisotopic (exact) mass is 335 g/mol. The van der Waals surface area contributed by atoms with E-state index < -0.39 is 0 Å². The van der Waals surface area contributed by atoms with Gasteiger partial charge in [0.05, 0.1) is 11.9 Å². The summed E-state index contributed by atoms with van der Waals surface area (Å²) in [7, 11) is 4.05. The van der Waals surface area contributed by atoms with Crippen molar-refractivity contribution in [3.05, 3.63) is 77.6 Å². The summed E-state index contributed by atoms with van der Waals surface area (Å²) in [6, 6.07) is 17.7. The molecule has 6 nitrogen and oxygen atoms in total. The van der Waals surface area contributed by atoms with E-state index in [1.165, 1.54) is 5.56 Å². The van der Waals surface area contributed by atoms with Gasteiger partial charge in [-0.3, -0.25) is 4.79 Å². The number of nitrogens with zero attached hydrogens (tertiary/aromatic N) is 4. The maximum atomic E-state index is 12.4. The lowest BCUT2D eigenvalue weighted by atomic mass is 10.1. The van der Waals surface area contributed by atoms with Gasteiger partial charge < -0.3 is 10.2 Å². The van der Waals surface area contributed by atoms with Gasteiger partial charge in [-0.15, -0.1) is 5.10 Å². The van der Waals surface area contributed by atoms with E-state index >= 15 is 0 Å². The van der Waals surface area contributed by atoms with E-state index in [-0.39, 0.29) is 5.91 Å². The quantitative estimate of drug-likeness (QED) is 0.750. The standard InChI is InChI=1S/C19H21N5O/c1-23(2)13-16-9-7-6-8-15(16)12-20-19(25)18-14-24(22-21-18)17-10-4-3-5-11-17/h3-11,14H,12-13H2,1-2H3,(H,20,25). The first-order chi connectivity index (χ1) is 12.1. The van der Waals surface area contributed by atoms with Gasteiger partial charge in [-0.25, -0.2) is 4.68 Å². The highest BCUT2D eigenvalue weighted by molar-refractivity contribution is 5.91. The first-order valence-electron chi connectivity index (χ1n) is 8.11. The number of carbonyl (C=O) groups excluding carboxylic acids is 1. The van der Waals surface area contributed by atoms with Crippen molar-refractivity contribution >= 4 is 5.91 Å². The molecule has 1 N–H and O–H groups in total. The number of benzene rings is 2. The molecule has 0 saturated heterocycles. The first-order valence-corrected chi connectivity index (χ1v) is 8.11. The number of rotatable bonds is 6. The number of aromatic nitrogens is 3. The Balaban J connectivity index is 1.67. The molecular weight excluding hydrogens is 314 g/mol. The van der Waals surface area contributed by atoms with Gasteiger partial charge in [-0.2, -0.15) is 0 Å². The highest BCUT2D eigenvalue weighted by Gasteiger charge is 2.12. The minimum Gasteiger partial charge on any atom is -0.347 e. The van der Waals surface area contributed by atoms with Gasteiger partial charge in [-0.05, 0) is 37.4 Å². The van der Waals surface area contributed by atoms with Gasteiger partial charge in [-0.1, -0.05) is 47.7 Å². The summed E-state index contributed by atoms with van der Waals surface area (Å²) in [5.41, 5.74) is 3.46. The molecule has 0 radical (unpaired) electrons. The molecular formula is C19H21N5O. The maximum absolute atomic E-state index is 12.4. The topological polar surface area (TPSA) is 63.1 Å². The second-order valence-corrected chi connectivity index (χ2v) is 6.07. The van der Waals surface area contributed by atoms with E-state index in [9.17, 15) is 4.79 Å². The summed E-state index contributed by atoms with van der Waals surface area (Å²) in [6.45, 7) is 1.29. The van der Waals surface area contributed by atoms with E-state index in [1.54, 1.807) is 10.9 Å². The maximum Gasteiger partial charge on any atom is 0.273 e. The second kappa shape index (κ2) is 7.72. The van der Waals surface area contributed by atoms with Gasteiger partial charge >= 0.3 is 0 Å². The number of carbonyl (C=O) groups is 1. The van der Waals surface area contributed by atoms with E-state index in [0.29, 0.717) is 12.2 Å². The third-order valence-corrected chi connectivity index (χ3v) is 3.79. The molecule has 3 aromatic rings. The van der Waals surface area contributed by atoms with Crippen LogP contribution in [-0.2, 0) is 13.1 Å². The Morgan fingerprint density at radius 3 is 2.44 bits per heavy atom. The zero-order chi connectivity index (χ0) is 17.6. The Labute approximate surface area is 147 Å². The van der Waals surface area contributed by atoms with Crippen LogP contribution in [0.25, 0.3) is 5.69 Å². The average molecular weight is 335 g/mol. The summed E-state index contributed by atoms with van der Waals surface area (Å²) in [6.07, 6.45) is 1.64. The SMILES string of the molecule is CN(C)Cc1ccccc1CNC(=O)c1cn(-c2ccccc2)nn1. The van der Waals surface area contributed by atoms with E-state index in [0.717, 1.165) is 17.8 Å². The highest BCUT2D eigenvalue weighted by Crippen LogP contribution is 2.11. The average Bonchev–Trinajstić information content (AvgIpc) is 3.11. The van der Waals surface area contributed by atoms with Gasteiger partial charge in [0.15, 0.2) is 5.69 Å². The Hall–Kier alpha value is -2.99. The molecule has 1 amide bonds. The molecule has 128 valence electrons. The van der Waals surface area contributed by atoms with Crippen molar-refractivity contribution < 1.29 is 4.79 Å². The van der Waals surface area contributed by atoms with E-state index in [4.69, 9.17) is 0 Å². The molecule has 1 aromatic heterocycles. The molecule has 0 aliphatic rings. The van der Waals surface area contributed by atoms with Crippen molar-refractivity contribution in [3.8, 4) is 5.69 Å². The Morgan fingerprint density at radius 1 is 1.04 bits per heavy atom. The van der Waals surface area contributed by atoms with Crippen molar-refractivity contribution in [2.45, 2.75) is 13.1 Å². The molecule has 25 heavy (non-hydrogen) atoms. The van der Waals surface area contributed by atoms with Crippen molar-refractivity contribution in [1.29, 1.82) is 0 Å². The fourth-order valence-corrected chi connectivity index (χ4v) is 2.57. The molecule has 2 aromatic carbocycles. The lowest BCUT2D eigenvalue weighted by Gasteiger charge is -2.14. The van der Waals surface area contributed by atoms with E-state index in [1.807, 2.05) is 62.6 Å². The molecule has 0 fully saturated rings. The number of hydrogen-bond acceptors (Lipinski definition) is 4. The third kappa shape index (κ3) is 4.30. The van der Waals surface area contributed by atoms with Gasteiger partial charge in [0.1, 0.15) is 0 Å². The normalized spacial score (nSPS) is 10.8. The molecule has 0 aliphatic heterocycles. The van der Waals surface area contributed by atoms with Crippen LogP contribution < -0.4 is 5.32 Å². The van der Waals surface area contributed by atoms with Crippen LogP contribution in [0, 0.1) is 0 Å². The molecule has 0 bridgehead atoms. The van der Waals surface area contributed by atoms with Crippen LogP contribution in [0.15, 0.2) is 60.8 Å². The lowest BCUT2D eigenvalue weighted by molar-refractivity contribution is 0.0945. The number of hydrogen-bond donors (Lipinski definition) is 1. The van der Waals surface area contributed by atoms with Crippen LogP contribution in [0.1, 0.15) is 21.6 Å². The fourth-order valence-electron chi connectivity index (χ4n) is 2.57. The van der Waals surface area contributed by atoms with Crippen LogP contribution in [0.5, 0.6) is 0 Å². The summed E-state index contributed by atoms with van der Waals surface area (Å²) >= 11 is 0. The Morgan fingerprint density at radius 2 is 1.72 bits per heavy atom. The molecule has 1 heterocycles. The van der Waals surface area contributed by atoms with Crippen LogP contribution in [0.3, 0.4) is 0 Å². The van der Waals surface area contributed by atoms with Gasteiger partial charge in [0, 0.05) is 13.1 Å². The Bertz CT molecular complexity index is 842. The predicted octanol–water partition coefficient (Wildman–Crippen LogP) is 2.26.